The van der Waals surface area contributed by atoms with Crippen LogP contribution in [0.4, 0.5) is 0 Å². The summed E-state index contributed by atoms with van der Waals surface area (Å²) in [6.45, 7) is 17.6. The Morgan fingerprint density at radius 3 is 2.49 bits per heavy atom. The van der Waals surface area contributed by atoms with E-state index in [1.165, 1.54) is 12.5 Å². The molecule has 0 aromatic carbocycles. The van der Waals surface area contributed by atoms with Gasteiger partial charge in [-0.15, -0.1) is 10.2 Å². The molecule has 232 valence electrons. The van der Waals surface area contributed by atoms with Crippen LogP contribution in [-0.2, 0) is 31.6 Å². The number of ether oxygens (including phenoxy) is 1. The van der Waals surface area contributed by atoms with Gasteiger partial charge in [-0.1, -0.05) is 45.3 Å². The molecule has 8 nitrogen and oxygen atoms in total. The number of nitrogens with zero attached hydrogens (tertiary/aromatic N) is 3. The molecular weight excluding hydrogens is 542 g/mol. The van der Waals surface area contributed by atoms with Crippen LogP contribution in [-0.4, -0.2) is 33.7 Å². The lowest BCUT2D eigenvalue weighted by Gasteiger charge is -2.69. The maximum absolute atomic E-state index is 14.8. The number of aryl methyl sites for hydroxylation is 1. The zero-order chi connectivity index (χ0) is 30.8. The van der Waals surface area contributed by atoms with Gasteiger partial charge in [-0.25, -0.2) is 0 Å². The predicted molar refractivity (Wildman–Crippen MR) is 159 cm³/mol. The summed E-state index contributed by atoms with van der Waals surface area (Å²) < 4.78 is 17.8. The Balaban J connectivity index is 1.36. The summed E-state index contributed by atoms with van der Waals surface area (Å²) >= 11 is 0. The highest BCUT2D eigenvalue weighted by atomic mass is 16.5. The van der Waals surface area contributed by atoms with Gasteiger partial charge in [-0.2, -0.15) is 0 Å². The third kappa shape index (κ3) is 3.70. The van der Waals surface area contributed by atoms with E-state index in [1.807, 2.05) is 13.1 Å². The second-order valence-corrected chi connectivity index (χ2v) is 16.5. The molecule has 5 aliphatic carbocycles. The summed E-state index contributed by atoms with van der Waals surface area (Å²) in [4.78, 5) is 26.8. The number of esters is 1. The molecule has 0 bridgehead atoms. The standard InChI is InChI=1S/C35H47N3O5/c1-20-37-38-29(42-20)35-13-11-30(3,4)17-23(35)27-24(40)15-26-31(5)16-22-18-36-43-28(22)32(6,19-41-21(2)39)25(31)9-10-33(26,7)34(27,8)12-14-35/h15,18,23,25,27H,9-14,16-17,19H2,1-8H3/t23-,25+,27-,31-,32-,33+,34+,35-/m0/s1. The van der Waals surface area contributed by atoms with Gasteiger partial charge in [0, 0.05) is 25.3 Å². The second-order valence-electron chi connectivity index (χ2n) is 16.5. The largest absolute Gasteiger partial charge is 0.465 e. The molecule has 3 saturated carbocycles. The third-order valence-corrected chi connectivity index (χ3v) is 13.7. The minimum Gasteiger partial charge on any atom is -0.465 e. The minimum absolute atomic E-state index is 0.107. The van der Waals surface area contributed by atoms with Gasteiger partial charge in [-0.05, 0) is 97.9 Å². The molecule has 0 amide bonds. The lowest BCUT2D eigenvalue weighted by Crippen LogP contribution is -2.66. The van der Waals surface area contributed by atoms with E-state index in [0.29, 0.717) is 5.89 Å². The van der Waals surface area contributed by atoms with E-state index in [2.05, 4.69) is 63.0 Å². The third-order valence-electron chi connectivity index (χ3n) is 13.7. The number of fused-ring (bicyclic) bond motifs is 8. The van der Waals surface area contributed by atoms with Crippen LogP contribution in [0.25, 0.3) is 0 Å². The van der Waals surface area contributed by atoms with E-state index < -0.39 is 5.41 Å². The average Bonchev–Trinajstić information content (AvgIpc) is 3.58. The average molecular weight is 590 g/mol. The molecule has 0 aliphatic heterocycles. The fraction of sp³-hybridized carbons (Fsp3) is 0.743. The molecule has 43 heavy (non-hydrogen) atoms. The van der Waals surface area contributed by atoms with E-state index in [1.54, 1.807) is 0 Å². The Morgan fingerprint density at radius 1 is 1.05 bits per heavy atom. The van der Waals surface area contributed by atoms with Gasteiger partial charge in [0.2, 0.25) is 11.8 Å². The summed E-state index contributed by atoms with van der Waals surface area (Å²) in [5.41, 5.74) is 1.02. The van der Waals surface area contributed by atoms with Crippen molar-refractivity contribution in [3.8, 4) is 0 Å². The molecule has 0 saturated heterocycles. The van der Waals surface area contributed by atoms with Crippen LogP contribution in [0.2, 0.25) is 0 Å². The van der Waals surface area contributed by atoms with Crippen molar-refractivity contribution in [1.29, 1.82) is 0 Å². The highest BCUT2D eigenvalue weighted by Gasteiger charge is 2.71. The van der Waals surface area contributed by atoms with Gasteiger partial charge in [0.05, 0.1) is 17.0 Å². The first-order valence-electron chi connectivity index (χ1n) is 16.2. The summed E-state index contributed by atoms with van der Waals surface area (Å²) in [7, 11) is 0. The molecule has 2 heterocycles. The maximum Gasteiger partial charge on any atom is 0.302 e. The smallest absolute Gasteiger partial charge is 0.302 e. The molecule has 5 aliphatic rings. The number of hydrogen-bond acceptors (Lipinski definition) is 8. The first-order valence-corrected chi connectivity index (χ1v) is 16.2. The van der Waals surface area contributed by atoms with Gasteiger partial charge in [0.1, 0.15) is 12.4 Å². The molecule has 2 aromatic heterocycles. The first-order chi connectivity index (χ1) is 20.1. The van der Waals surface area contributed by atoms with Gasteiger partial charge in [-0.3, -0.25) is 9.59 Å². The van der Waals surface area contributed by atoms with Crippen molar-refractivity contribution in [1.82, 2.24) is 15.4 Å². The quantitative estimate of drug-likeness (QED) is 0.358. The Morgan fingerprint density at radius 2 is 1.79 bits per heavy atom. The summed E-state index contributed by atoms with van der Waals surface area (Å²) in [5, 5.41) is 13.1. The van der Waals surface area contributed by atoms with E-state index in [-0.39, 0.29) is 63.2 Å². The lowest BCUT2D eigenvalue weighted by molar-refractivity contribution is -0.163. The van der Waals surface area contributed by atoms with Crippen molar-refractivity contribution in [3.05, 3.63) is 41.0 Å². The normalized spacial score (nSPS) is 42.9. The first kappa shape index (κ1) is 29.0. The van der Waals surface area contributed by atoms with Crippen LogP contribution in [0.3, 0.4) is 0 Å². The van der Waals surface area contributed by atoms with Crippen LogP contribution in [0.15, 0.2) is 26.8 Å². The van der Waals surface area contributed by atoms with E-state index in [0.717, 1.165) is 68.6 Å². The van der Waals surface area contributed by atoms with Crippen molar-refractivity contribution in [2.45, 2.75) is 118 Å². The Kier molecular flexibility index (Phi) is 6.00. The highest BCUT2D eigenvalue weighted by molar-refractivity contribution is 5.95. The fourth-order valence-corrected chi connectivity index (χ4v) is 11.4. The molecule has 0 radical (unpaired) electrons. The van der Waals surface area contributed by atoms with Gasteiger partial charge >= 0.3 is 5.97 Å². The number of carbonyl (C=O) groups is 2. The molecule has 7 rings (SSSR count). The molecule has 0 spiro atoms. The summed E-state index contributed by atoms with van der Waals surface area (Å²) in [6, 6.07) is 0. The lowest BCUT2D eigenvalue weighted by atomic mass is 9.34. The summed E-state index contributed by atoms with van der Waals surface area (Å²) in [6.07, 6.45) is 11.5. The topological polar surface area (TPSA) is 108 Å². The van der Waals surface area contributed by atoms with Crippen LogP contribution in [0, 0.1) is 46.3 Å². The van der Waals surface area contributed by atoms with E-state index >= 15 is 0 Å². The van der Waals surface area contributed by atoms with Gasteiger partial charge in [0.25, 0.3) is 0 Å². The van der Waals surface area contributed by atoms with Crippen LogP contribution >= 0.6 is 0 Å². The summed E-state index contributed by atoms with van der Waals surface area (Å²) in [5.74, 6) is 2.31. The van der Waals surface area contributed by atoms with Crippen LogP contribution in [0.5, 0.6) is 0 Å². The van der Waals surface area contributed by atoms with Crippen molar-refractivity contribution < 1.29 is 23.3 Å². The molecule has 2 aromatic rings. The Labute approximate surface area is 254 Å². The molecule has 0 unspecified atom stereocenters. The number of carbonyl (C=O) groups excluding carboxylic acids is 2. The number of hydrogen-bond donors (Lipinski definition) is 0. The molecule has 0 N–H and O–H groups in total. The zero-order valence-electron chi connectivity index (χ0n) is 27.1. The highest BCUT2D eigenvalue weighted by Crippen LogP contribution is 2.74. The van der Waals surface area contributed by atoms with E-state index in [9.17, 15) is 9.59 Å². The van der Waals surface area contributed by atoms with Crippen molar-refractivity contribution in [3.63, 3.8) is 0 Å². The minimum atomic E-state index is -0.529. The van der Waals surface area contributed by atoms with Crippen LogP contribution < -0.4 is 0 Å². The maximum atomic E-state index is 14.8. The molecule has 3 fully saturated rings. The predicted octanol–water partition coefficient (Wildman–Crippen LogP) is 6.86. The van der Waals surface area contributed by atoms with Crippen molar-refractivity contribution in [2.75, 3.05) is 6.61 Å². The SMILES string of the molecule is CC(=O)OC[C@]1(C)c2oncc2C[C@]2(C)C3=CC(=O)[C@@H]4[C@@H]5CC(C)(C)CC[C@]5(c5nnc(C)o5)CC[C@@]4(C)[C@]3(C)CC[C@H]21. The van der Waals surface area contributed by atoms with E-state index in [4.69, 9.17) is 13.7 Å². The van der Waals surface area contributed by atoms with Gasteiger partial charge in [0.15, 0.2) is 5.78 Å². The number of ketones is 1. The number of aromatic nitrogens is 3. The molecular formula is C35H47N3O5. The molecule has 8 atom stereocenters. The molecule has 8 heteroatoms. The Hall–Kier alpha value is -2.77. The Bertz CT molecular complexity index is 1540. The second kappa shape index (κ2) is 8.91. The van der Waals surface area contributed by atoms with Crippen LogP contribution in [0.1, 0.15) is 117 Å². The van der Waals surface area contributed by atoms with Crippen molar-refractivity contribution in [2.24, 2.45) is 39.4 Å². The number of rotatable bonds is 3. The van der Waals surface area contributed by atoms with Gasteiger partial charge < -0.3 is 13.7 Å². The zero-order valence-corrected chi connectivity index (χ0v) is 27.1. The monoisotopic (exact) mass is 589 g/mol. The number of allylic oxidation sites excluding steroid dienone is 2. The fourth-order valence-electron chi connectivity index (χ4n) is 11.4. The van der Waals surface area contributed by atoms with Crippen molar-refractivity contribution >= 4 is 11.8 Å².